The van der Waals surface area contributed by atoms with Crippen molar-refractivity contribution >= 4 is 7.82 Å². The molecule has 31 heavy (non-hydrogen) atoms. The number of hydrogen-bond donors (Lipinski definition) is 1. The van der Waals surface area contributed by atoms with Crippen molar-refractivity contribution in [1.82, 2.24) is 0 Å². The van der Waals surface area contributed by atoms with Gasteiger partial charge in [0.05, 0.1) is 39.9 Å². The van der Waals surface area contributed by atoms with Crippen LogP contribution >= 0.6 is 7.82 Å². The molecule has 1 atom stereocenters. The van der Waals surface area contributed by atoms with Crippen molar-refractivity contribution < 1.29 is 23.0 Å². The molecule has 0 saturated carbocycles. The molecule has 1 unspecified atom stereocenters. The third-order valence-corrected chi connectivity index (χ3v) is 7.72. The number of phosphoric acid groups is 1. The molecule has 1 N–H and O–H groups in total. The SMILES string of the molecule is CCCCCCCCCCCCCCCCCCOP(=O)(O)OC1CC[N+](C)(C)CC1. The molecule has 5 nitrogen and oxygen atoms in total. The molecule has 6 heteroatoms. The lowest BCUT2D eigenvalue weighted by Crippen LogP contribution is -2.47. The number of rotatable bonds is 20. The Morgan fingerprint density at radius 1 is 0.742 bits per heavy atom. The van der Waals surface area contributed by atoms with Gasteiger partial charge in [0.2, 0.25) is 0 Å². The number of hydrogen-bond acceptors (Lipinski definition) is 3. The summed E-state index contributed by atoms with van der Waals surface area (Å²) >= 11 is 0. The van der Waals surface area contributed by atoms with Gasteiger partial charge in [0.1, 0.15) is 0 Å². The van der Waals surface area contributed by atoms with Crippen molar-refractivity contribution in [2.45, 2.75) is 129 Å². The molecule has 0 bridgehead atoms. The normalized spacial score (nSPS) is 18.8. The molecule has 0 radical (unpaired) electrons. The molecule has 1 aliphatic heterocycles. The Morgan fingerprint density at radius 3 is 1.55 bits per heavy atom. The minimum Gasteiger partial charge on any atom is -0.328 e. The lowest BCUT2D eigenvalue weighted by molar-refractivity contribution is -0.896. The summed E-state index contributed by atoms with van der Waals surface area (Å²) in [6, 6.07) is 0. The third kappa shape index (κ3) is 17.2. The second-order valence-electron chi connectivity index (χ2n) is 10.3. The summed E-state index contributed by atoms with van der Waals surface area (Å²) in [4.78, 5) is 9.93. The van der Waals surface area contributed by atoms with Crippen molar-refractivity contribution in [2.24, 2.45) is 0 Å². The third-order valence-electron chi connectivity index (χ3n) is 6.65. The van der Waals surface area contributed by atoms with E-state index in [-0.39, 0.29) is 6.10 Å². The summed E-state index contributed by atoms with van der Waals surface area (Å²) in [7, 11) is 0.467. The quantitative estimate of drug-likeness (QED) is 0.115. The molecule has 0 amide bonds. The van der Waals surface area contributed by atoms with Gasteiger partial charge >= 0.3 is 7.82 Å². The van der Waals surface area contributed by atoms with Crippen LogP contribution in [0.5, 0.6) is 0 Å². The lowest BCUT2D eigenvalue weighted by Gasteiger charge is -2.37. The van der Waals surface area contributed by atoms with Crippen LogP contribution in [0.1, 0.15) is 122 Å². The van der Waals surface area contributed by atoms with Gasteiger partial charge in [0, 0.05) is 12.8 Å². The van der Waals surface area contributed by atoms with Crippen LogP contribution in [0.25, 0.3) is 0 Å². The van der Waals surface area contributed by atoms with Crippen LogP contribution in [0, 0.1) is 0 Å². The molecule has 0 aliphatic carbocycles. The molecule has 1 rings (SSSR count). The minimum absolute atomic E-state index is 0.146. The molecule has 0 aromatic rings. The minimum atomic E-state index is -3.90. The van der Waals surface area contributed by atoms with E-state index >= 15 is 0 Å². The molecule has 186 valence electrons. The van der Waals surface area contributed by atoms with Crippen LogP contribution in [0.4, 0.5) is 0 Å². The molecule has 0 aromatic carbocycles. The van der Waals surface area contributed by atoms with Gasteiger partial charge in [-0.2, -0.15) is 0 Å². The fraction of sp³-hybridized carbons (Fsp3) is 1.00. The summed E-state index contributed by atoms with van der Waals surface area (Å²) in [6.07, 6.45) is 22.6. The highest BCUT2D eigenvalue weighted by atomic mass is 31.2. The number of quaternary nitrogens is 1. The van der Waals surface area contributed by atoms with Gasteiger partial charge in [0.15, 0.2) is 0 Å². The molecule has 1 fully saturated rings. The van der Waals surface area contributed by atoms with E-state index in [9.17, 15) is 9.46 Å². The van der Waals surface area contributed by atoms with E-state index in [2.05, 4.69) is 21.0 Å². The maximum absolute atomic E-state index is 12.1. The predicted molar refractivity (Wildman–Crippen MR) is 131 cm³/mol. The van der Waals surface area contributed by atoms with Crippen LogP contribution in [-0.2, 0) is 13.6 Å². The average molecular weight is 463 g/mol. The van der Waals surface area contributed by atoms with E-state index in [4.69, 9.17) is 9.05 Å². The summed E-state index contributed by atoms with van der Waals surface area (Å²) < 4.78 is 23.6. The lowest BCUT2D eigenvalue weighted by atomic mass is 10.0. The highest BCUT2D eigenvalue weighted by Gasteiger charge is 2.32. The molecular formula is C25H53NO4P+. The van der Waals surface area contributed by atoms with Gasteiger partial charge in [-0.3, -0.25) is 9.05 Å². The summed E-state index contributed by atoms with van der Waals surface area (Å²) in [5.74, 6) is 0. The van der Waals surface area contributed by atoms with Gasteiger partial charge < -0.3 is 9.38 Å². The maximum Gasteiger partial charge on any atom is 0.472 e. The van der Waals surface area contributed by atoms with Crippen LogP contribution in [-0.4, -0.2) is 49.3 Å². The first-order valence-corrected chi connectivity index (χ1v) is 14.8. The van der Waals surface area contributed by atoms with Crippen molar-refractivity contribution in [3.05, 3.63) is 0 Å². The number of likely N-dealkylation sites (tertiary alicyclic amines) is 1. The summed E-state index contributed by atoms with van der Waals surface area (Å²) in [6.45, 7) is 4.55. The first-order valence-electron chi connectivity index (χ1n) is 13.3. The second kappa shape index (κ2) is 17.5. The first-order chi connectivity index (χ1) is 14.8. The molecule has 1 aliphatic rings. The Morgan fingerprint density at radius 2 is 1.13 bits per heavy atom. The molecule has 0 spiro atoms. The highest BCUT2D eigenvalue weighted by Crippen LogP contribution is 2.46. The van der Waals surface area contributed by atoms with Crippen molar-refractivity contribution in [2.75, 3.05) is 33.8 Å². The van der Waals surface area contributed by atoms with Crippen molar-refractivity contribution in [1.29, 1.82) is 0 Å². The summed E-state index contributed by atoms with van der Waals surface area (Å²) in [5.41, 5.74) is 0. The molecule has 1 heterocycles. The molecule has 1 saturated heterocycles. The Hall–Kier alpha value is 0.0700. The largest absolute Gasteiger partial charge is 0.472 e. The van der Waals surface area contributed by atoms with Crippen LogP contribution in [0.2, 0.25) is 0 Å². The smallest absolute Gasteiger partial charge is 0.328 e. The van der Waals surface area contributed by atoms with E-state index < -0.39 is 7.82 Å². The Labute approximate surface area is 193 Å². The van der Waals surface area contributed by atoms with Gasteiger partial charge in [0.25, 0.3) is 0 Å². The van der Waals surface area contributed by atoms with Crippen molar-refractivity contribution in [3.63, 3.8) is 0 Å². The highest BCUT2D eigenvalue weighted by molar-refractivity contribution is 7.47. The van der Waals surface area contributed by atoms with Gasteiger partial charge in [-0.15, -0.1) is 0 Å². The topological polar surface area (TPSA) is 55.8 Å². The Balaban J connectivity index is 1.83. The van der Waals surface area contributed by atoms with E-state index in [0.29, 0.717) is 6.61 Å². The van der Waals surface area contributed by atoms with Gasteiger partial charge in [-0.25, -0.2) is 4.57 Å². The zero-order chi connectivity index (χ0) is 22.8. The van der Waals surface area contributed by atoms with Crippen LogP contribution in [0.15, 0.2) is 0 Å². The molecule has 0 aromatic heterocycles. The van der Waals surface area contributed by atoms with Crippen LogP contribution < -0.4 is 0 Å². The zero-order valence-corrected chi connectivity index (χ0v) is 21.9. The van der Waals surface area contributed by atoms with E-state index in [1.54, 1.807) is 0 Å². The van der Waals surface area contributed by atoms with E-state index in [0.717, 1.165) is 43.3 Å². The Kier molecular flexibility index (Phi) is 16.5. The monoisotopic (exact) mass is 462 g/mol. The fourth-order valence-electron chi connectivity index (χ4n) is 4.40. The van der Waals surface area contributed by atoms with E-state index in [1.165, 1.54) is 89.9 Å². The average Bonchev–Trinajstić information content (AvgIpc) is 2.72. The number of unbranched alkanes of at least 4 members (excludes halogenated alkanes) is 15. The number of piperidine rings is 1. The second-order valence-corrected chi connectivity index (χ2v) is 11.7. The predicted octanol–water partition coefficient (Wildman–Crippen LogP) is 7.62. The maximum atomic E-state index is 12.1. The first kappa shape index (κ1) is 29.1. The van der Waals surface area contributed by atoms with E-state index in [1.807, 2.05) is 0 Å². The standard InChI is InChI=1S/C25H52NO4P/c1-4-5-6-7-8-9-10-11-12-13-14-15-16-17-18-19-24-29-31(27,28)30-25-20-22-26(2,3)23-21-25/h25H,4-24H2,1-3H3/p+1. The number of phosphoric ester groups is 1. The summed E-state index contributed by atoms with van der Waals surface area (Å²) in [5, 5.41) is 0. The van der Waals surface area contributed by atoms with Gasteiger partial charge in [-0.1, -0.05) is 103 Å². The number of nitrogens with zero attached hydrogens (tertiary/aromatic N) is 1. The fourth-order valence-corrected chi connectivity index (χ4v) is 5.41. The van der Waals surface area contributed by atoms with Crippen molar-refractivity contribution in [3.8, 4) is 0 Å². The van der Waals surface area contributed by atoms with Crippen LogP contribution in [0.3, 0.4) is 0 Å². The zero-order valence-electron chi connectivity index (χ0n) is 21.0. The van der Waals surface area contributed by atoms with Gasteiger partial charge in [-0.05, 0) is 6.42 Å². The molecular weight excluding hydrogens is 409 g/mol. The Bertz CT molecular complexity index is 462.